The zero-order valence-electron chi connectivity index (χ0n) is 7.33. The predicted molar refractivity (Wildman–Crippen MR) is 42.1 cm³/mol. The fourth-order valence-electron chi connectivity index (χ4n) is 1.60. The Hall–Kier alpha value is -0.200. The maximum absolute atomic E-state index is 9.18. The molecule has 5 nitrogen and oxygen atoms in total. The molecule has 4 unspecified atom stereocenters. The zero-order valence-corrected chi connectivity index (χ0v) is 7.33. The number of ether oxygens (including phenoxy) is 2. The molecule has 76 valence electrons. The molecule has 5 heteroatoms. The lowest BCUT2D eigenvalue weighted by Gasteiger charge is -2.00. The number of hydrogen-bond acceptors (Lipinski definition) is 5. The summed E-state index contributed by atoms with van der Waals surface area (Å²) in [4.78, 5) is 0. The monoisotopic (exact) mass is 190 g/mol. The van der Waals surface area contributed by atoms with Gasteiger partial charge in [-0.1, -0.05) is 0 Å². The van der Waals surface area contributed by atoms with Crippen molar-refractivity contribution in [3.05, 3.63) is 0 Å². The van der Waals surface area contributed by atoms with Gasteiger partial charge in [0.15, 0.2) is 0 Å². The highest BCUT2D eigenvalue weighted by Gasteiger charge is 2.60. The van der Waals surface area contributed by atoms with Crippen LogP contribution >= 0.6 is 0 Å². The van der Waals surface area contributed by atoms with Crippen molar-refractivity contribution in [3.63, 3.8) is 0 Å². The maximum Gasteiger partial charge on any atom is 0.116 e. The lowest BCUT2D eigenvalue weighted by Crippen LogP contribution is -2.24. The first-order chi connectivity index (χ1) is 6.15. The molecule has 0 spiro atoms. The van der Waals surface area contributed by atoms with Gasteiger partial charge in [0.25, 0.3) is 0 Å². The van der Waals surface area contributed by atoms with Gasteiger partial charge in [0.2, 0.25) is 0 Å². The molecule has 0 saturated carbocycles. The molecule has 2 heterocycles. The second kappa shape index (κ2) is 3.18. The van der Waals surface area contributed by atoms with Crippen molar-refractivity contribution in [1.82, 2.24) is 0 Å². The molecule has 2 rings (SSSR count). The van der Waals surface area contributed by atoms with Crippen molar-refractivity contribution in [2.75, 3.05) is 6.61 Å². The summed E-state index contributed by atoms with van der Waals surface area (Å²) in [5.41, 5.74) is 0. The molecule has 2 aliphatic rings. The molecule has 2 fully saturated rings. The van der Waals surface area contributed by atoms with Gasteiger partial charge in [-0.25, -0.2) is 0 Å². The second-order valence-electron chi connectivity index (χ2n) is 3.62. The van der Waals surface area contributed by atoms with E-state index in [2.05, 4.69) is 0 Å². The highest BCUT2D eigenvalue weighted by Crippen LogP contribution is 2.41. The molecule has 0 amide bonds. The fraction of sp³-hybridized carbons (Fsp3) is 1.00. The summed E-state index contributed by atoms with van der Waals surface area (Å²) in [6.07, 6.45) is -2.07. The summed E-state index contributed by atoms with van der Waals surface area (Å²) in [7, 11) is 0. The third kappa shape index (κ3) is 1.70. The van der Waals surface area contributed by atoms with Gasteiger partial charge in [-0.3, -0.25) is 0 Å². The van der Waals surface area contributed by atoms with E-state index in [9.17, 15) is 5.11 Å². The van der Waals surface area contributed by atoms with E-state index >= 15 is 0 Å². The summed E-state index contributed by atoms with van der Waals surface area (Å²) in [6, 6.07) is 0. The van der Waals surface area contributed by atoms with Gasteiger partial charge in [0, 0.05) is 0 Å². The van der Waals surface area contributed by atoms with Gasteiger partial charge >= 0.3 is 0 Å². The van der Waals surface area contributed by atoms with Gasteiger partial charge in [-0.15, -0.1) is 0 Å². The standard InChI is InChI=1S/C8H14O5/c1-3(10)5-7(12-5)8-6(13-8)4(11)2-9/h3-11H,2H2,1H3/t3?,4?,5-,6+,7?,8?/m1/s1. The Morgan fingerprint density at radius 1 is 1.15 bits per heavy atom. The van der Waals surface area contributed by atoms with Crippen molar-refractivity contribution in [2.24, 2.45) is 0 Å². The van der Waals surface area contributed by atoms with Gasteiger partial charge < -0.3 is 24.8 Å². The van der Waals surface area contributed by atoms with Crippen LogP contribution < -0.4 is 0 Å². The molecule has 0 aromatic rings. The number of aliphatic hydroxyl groups is 3. The SMILES string of the molecule is CC(O)[C@H]1OC1C1O[C@H]1C(O)CO. The van der Waals surface area contributed by atoms with Crippen LogP contribution in [0.3, 0.4) is 0 Å². The maximum atomic E-state index is 9.18. The summed E-state index contributed by atoms with van der Waals surface area (Å²) < 4.78 is 10.3. The van der Waals surface area contributed by atoms with E-state index in [1.165, 1.54) is 0 Å². The predicted octanol–water partition coefficient (Wildman–Crippen LogP) is -1.74. The summed E-state index contributed by atoms with van der Waals surface area (Å²) in [5.74, 6) is 0. The molecule has 2 aliphatic heterocycles. The highest BCUT2D eigenvalue weighted by atomic mass is 16.7. The van der Waals surface area contributed by atoms with Crippen molar-refractivity contribution in [3.8, 4) is 0 Å². The van der Waals surface area contributed by atoms with Crippen LogP contribution in [-0.4, -0.2) is 58.6 Å². The number of rotatable bonds is 4. The normalized spacial score (nSPS) is 47.1. The first-order valence-electron chi connectivity index (χ1n) is 4.43. The molecule has 0 radical (unpaired) electrons. The lowest BCUT2D eigenvalue weighted by molar-refractivity contribution is 0.0706. The van der Waals surface area contributed by atoms with E-state index in [0.717, 1.165) is 0 Å². The minimum Gasteiger partial charge on any atom is -0.394 e. The minimum absolute atomic E-state index is 0.105. The van der Waals surface area contributed by atoms with Crippen molar-refractivity contribution < 1.29 is 24.8 Å². The van der Waals surface area contributed by atoms with Crippen LogP contribution in [0.25, 0.3) is 0 Å². The molecule has 0 bridgehead atoms. The van der Waals surface area contributed by atoms with E-state index < -0.39 is 12.2 Å². The first-order valence-corrected chi connectivity index (χ1v) is 4.43. The molecular formula is C8H14O5. The fourth-order valence-corrected chi connectivity index (χ4v) is 1.60. The third-order valence-electron chi connectivity index (χ3n) is 2.49. The number of aliphatic hydroxyl groups excluding tert-OH is 3. The molecule has 13 heavy (non-hydrogen) atoms. The van der Waals surface area contributed by atoms with E-state index in [-0.39, 0.29) is 31.0 Å². The minimum atomic E-state index is -0.830. The Bertz CT molecular complexity index is 195. The Kier molecular flexibility index (Phi) is 2.29. The molecule has 6 atom stereocenters. The molecule has 0 aromatic heterocycles. The largest absolute Gasteiger partial charge is 0.394 e. The van der Waals surface area contributed by atoms with Crippen molar-refractivity contribution in [1.29, 1.82) is 0 Å². The van der Waals surface area contributed by atoms with Gasteiger partial charge in [-0.2, -0.15) is 0 Å². The average Bonchev–Trinajstić information content (AvgIpc) is 2.92. The van der Waals surface area contributed by atoms with Crippen LogP contribution in [0.1, 0.15) is 6.92 Å². The quantitative estimate of drug-likeness (QED) is 0.458. The van der Waals surface area contributed by atoms with Crippen LogP contribution in [0.2, 0.25) is 0 Å². The van der Waals surface area contributed by atoms with Crippen molar-refractivity contribution in [2.45, 2.75) is 43.5 Å². The Morgan fingerprint density at radius 2 is 1.69 bits per heavy atom. The Morgan fingerprint density at radius 3 is 2.15 bits per heavy atom. The molecule has 0 aliphatic carbocycles. The lowest BCUT2D eigenvalue weighted by atomic mass is 10.1. The van der Waals surface area contributed by atoms with Crippen LogP contribution in [0.4, 0.5) is 0 Å². The number of epoxide rings is 2. The molecule has 3 N–H and O–H groups in total. The number of hydrogen-bond donors (Lipinski definition) is 3. The van der Waals surface area contributed by atoms with E-state index in [4.69, 9.17) is 19.7 Å². The van der Waals surface area contributed by atoms with Crippen LogP contribution in [-0.2, 0) is 9.47 Å². The average molecular weight is 190 g/mol. The highest BCUT2D eigenvalue weighted by molar-refractivity contribution is 5.06. The van der Waals surface area contributed by atoms with Crippen molar-refractivity contribution >= 4 is 0 Å². The van der Waals surface area contributed by atoms with Crippen LogP contribution in [0.15, 0.2) is 0 Å². The summed E-state index contributed by atoms with van der Waals surface area (Å²) in [6.45, 7) is 1.36. The summed E-state index contributed by atoms with van der Waals surface area (Å²) >= 11 is 0. The summed E-state index contributed by atoms with van der Waals surface area (Å²) in [5, 5.41) is 26.9. The van der Waals surface area contributed by atoms with Crippen LogP contribution in [0, 0.1) is 0 Å². The van der Waals surface area contributed by atoms with Crippen LogP contribution in [0.5, 0.6) is 0 Å². The Labute approximate surface area is 75.9 Å². The molecule has 0 aromatic carbocycles. The molecular weight excluding hydrogens is 176 g/mol. The second-order valence-corrected chi connectivity index (χ2v) is 3.62. The van der Waals surface area contributed by atoms with Gasteiger partial charge in [0.05, 0.1) is 12.7 Å². The first kappa shape index (κ1) is 9.36. The Balaban J connectivity index is 1.76. The van der Waals surface area contributed by atoms with Gasteiger partial charge in [0.1, 0.15) is 30.5 Å². The van der Waals surface area contributed by atoms with E-state index in [0.29, 0.717) is 0 Å². The smallest absolute Gasteiger partial charge is 0.116 e. The van der Waals surface area contributed by atoms with Gasteiger partial charge in [-0.05, 0) is 6.92 Å². The van der Waals surface area contributed by atoms with E-state index in [1.807, 2.05) is 0 Å². The van der Waals surface area contributed by atoms with E-state index in [1.54, 1.807) is 6.92 Å². The zero-order chi connectivity index (χ0) is 9.59. The third-order valence-corrected chi connectivity index (χ3v) is 2.49. The topological polar surface area (TPSA) is 85.8 Å². The molecule has 2 saturated heterocycles.